The first-order valence-corrected chi connectivity index (χ1v) is 8.29. The molecule has 0 saturated carbocycles. The molecule has 0 heterocycles. The zero-order valence-corrected chi connectivity index (χ0v) is 13.8. The van der Waals surface area contributed by atoms with Gasteiger partial charge < -0.3 is 24.4 Å². The minimum Gasteiger partial charge on any atom is -0.481 e. The third-order valence-corrected chi connectivity index (χ3v) is 3.10. The summed E-state index contributed by atoms with van der Waals surface area (Å²) >= 11 is 0. The van der Waals surface area contributed by atoms with Crippen molar-refractivity contribution in [3.8, 4) is 0 Å². The molecule has 0 fully saturated rings. The number of hydrogen-bond acceptors (Lipinski definition) is 5. The standard InChI is InChI=1S/C16H30O7/c17-15(18)7-3-1-5-9-21-11-13-23-14-12-22-10-6-2-4-8-16(19)20/h1-14H2,(H,17,18)(H,19,20). The Morgan fingerprint density at radius 3 is 1.22 bits per heavy atom. The van der Waals surface area contributed by atoms with Gasteiger partial charge in [-0.05, 0) is 25.7 Å². The molecule has 0 saturated heterocycles. The van der Waals surface area contributed by atoms with Gasteiger partial charge in [-0.25, -0.2) is 0 Å². The minimum atomic E-state index is -0.748. The van der Waals surface area contributed by atoms with E-state index in [0.29, 0.717) is 52.5 Å². The SMILES string of the molecule is O=C(O)CCCCCOCCOCCOCCCCCC(=O)O. The first-order chi connectivity index (χ1) is 11.1. The third kappa shape index (κ3) is 20.8. The van der Waals surface area contributed by atoms with Crippen molar-refractivity contribution in [2.75, 3.05) is 39.6 Å². The average Bonchev–Trinajstić information content (AvgIpc) is 2.49. The number of aliphatic carboxylic acids is 2. The van der Waals surface area contributed by atoms with E-state index in [9.17, 15) is 9.59 Å². The van der Waals surface area contributed by atoms with Crippen molar-refractivity contribution in [1.82, 2.24) is 0 Å². The highest BCUT2D eigenvalue weighted by Crippen LogP contribution is 2.00. The van der Waals surface area contributed by atoms with E-state index in [1.165, 1.54) is 0 Å². The number of unbranched alkanes of at least 4 members (excludes halogenated alkanes) is 4. The Hall–Kier alpha value is -1.18. The Morgan fingerprint density at radius 2 is 0.870 bits per heavy atom. The van der Waals surface area contributed by atoms with Crippen LogP contribution in [0.3, 0.4) is 0 Å². The summed E-state index contributed by atoms with van der Waals surface area (Å²) in [5.41, 5.74) is 0. The molecule has 0 atom stereocenters. The lowest BCUT2D eigenvalue weighted by Gasteiger charge is -2.06. The number of carboxylic acids is 2. The fraction of sp³-hybridized carbons (Fsp3) is 0.875. The Balaban J connectivity index is 3.00. The number of carbonyl (C=O) groups is 2. The Labute approximate surface area is 137 Å². The lowest BCUT2D eigenvalue weighted by atomic mass is 10.2. The molecule has 0 aromatic carbocycles. The van der Waals surface area contributed by atoms with Crippen LogP contribution in [0.1, 0.15) is 51.4 Å². The molecule has 136 valence electrons. The van der Waals surface area contributed by atoms with E-state index in [1.54, 1.807) is 0 Å². The monoisotopic (exact) mass is 334 g/mol. The van der Waals surface area contributed by atoms with Crippen LogP contribution in [0.5, 0.6) is 0 Å². The highest BCUT2D eigenvalue weighted by molar-refractivity contribution is 5.66. The summed E-state index contributed by atoms with van der Waals surface area (Å²) < 4.78 is 16.1. The second-order valence-electron chi connectivity index (χ2n) is 5.25. The van der Waals surface area contributed by atoms with E-state index >= 15 is 0 Å². The molecule has 7 nitrogen and oxygen atoms in total. The van der Waals surface area contributed by atoms with E-state index in [1.807, 2.05) is 0 Å². The molecule has 0 aromatic rings. The van der Waals surface area contributed by atoms with E-state index < -0.39 is 11.9 Å². The molecule has 0 bridgehead atoms. The van der Waals surface area contributed by atoms with Crippen molar-refractivity contribution in [3.05, 3.63) is 0 Å². The van der Waals surface area contributed by atoms with Crippen LogP contribution >= 0.6 is 0 Å². The predicted molar refractivity (Wildman–Crippen MR) is 84.7 cm³/mol. The molecule has 0 radical (unpaired) electrons. The van der Waals surface area contributed by atoms with E-state index in [0.717, 1.165) is 25.7 Å². The molecule has 0 unspecified atom stereocenters. The molecule has 7 heteroatoms. The Bertz CT molecular complexity index is 266. The fourth-order valence-electron chi connectivity index (χ4n) is 1.86. The summed E-state index contributed by atoms with van der Waals surface area (Å²) in [5.74, 6) is -1.50. The minimum absolute atomic E-state index is 0.225. The average molecular weight is 334 g/mol. The quantitative estimate of drug-likeness (QED) is 0.371. The van der Waals surface area contributed by atoms with Gasteiger partial charge in [0.2, 0.25) is 0 Å². The van der Waals surface area contributed by atoms with Gasteiger partial charge in [0.05, 0.1) is 26.4 Å². The summed E-state index contributed by atoms with van der Waals surface area (Å²) in [5, 5.41) is 16.9. The first kappa shape index (κ1) is 21.8. The highest BCUT2D eigenvalue weighted by atomic mass is 16.5. The summed E-state index contributed by atoms with van der Waals surface area (Å²) in [6.07, 6.45) is 5.33. The molecule has 0 aliphatic carbocycles. The fourth-order valence-corrected chi connectivity index (χ4v) is 1.86. The summed E-state index contributed by atoms with van der Waals surface area (Å²) in [7, 11) is 0. The van der Waals surface area contributed by atoms with Gasteiger partial charge in [0.15, 0.2) is 0 Å². The molecule has 0 rings (SSSR count). The lowest BCUT2D eigenvalue weighted by Crippen LogP contribution is -2.10. The number of hydrogen-bond donors (Lipinski definition) is 2. The van der Waals surface area contributed by atoms with Gasteiger partial charge in [0, 0.05) is 26.1 Å². The molecule has 2 N–H and O–H groups in total. The third-order valence-electron chi connectivity index (χ3n) is 3.10. The van der Waals surface area contributed by atoms with Crippen molar-refractivity contribution in [2.24, 2.45) is 0 Å². The van der Waals surface area contributed by atoms with E-state index in [-0.39, 0.29) is 12.8 Å². The van der Waals surface area contributed by atoms with Crippen LogP contribution in [0.15, 0.2) is 0 Å². The predicted octanol–water partition coefficient (Wildman–Crippen LogP) is 2.33. The van der Waals surface area contributed by atoms with Gasteiger partial charge in [-0.3, -0.25) is 9.59 Å². The maximum absolute atomic E-state index is 10.3. The Kier molecular flexibility index (Phi) is 16.3. The number of ether oxygens (including phenoxy) is 3. The summed E-state index contributed by atoms with van der Waals surface area (Å²) in [4.78, 5) is 20.6. The molecule has 0 aliphatic rings. The maximum Gasteiger partial charge on any atom is 0.303 e. The van der Waals surface area contributed by atoms with Crippen LogP contribution in [0, 0.1) is 0 Å². The van der Waals surface area contributed by atoms with Gasteiger partial charge in [-0.2, -0.15) is 0 Å². The van der Waals surface area contributed by atoms with Gasteiger partial charge >= 0.3 is 11.9 Å². The topological polar surface area (TPSA) is 102 Å². The van der Waals surface area contributed by atoms with Crippen molar-refractivity contribution >= 4 is 11.9 Å². The van der Waals surface area contributed by atoms with E-state index in [2.05, 4.69) is 0 Å². The van der Waals surface area contributed by atoms with Crippen molar-refractivity contribution < 1.29 is 34.0 Å². The molecule has 0 aromatic heterocycles. The number of rotatable bonds is 18. The van der Waals surface area contributed by atoms with Crippen LogP contribution in [-0.4, -0.2) is 61.8 Å². The van der Waals surface area contributed by atoms with E-state index in [4.69, 9.17) is 24.4 Å². The van der Waals surface area contributed by atoms with Gasteiger partial charge in [-0.15, -0.1) is 0 Å². The van der Waals surface area contributed by atoms with Gasteiger partial charge in [-0.1, -0.05) is 12.8 Å². The normalized spacial score (nSPS) is 10.8. The first-order valence-electron chi connectivity index (χ1n) is 8.29. The smallest absolute Gasteiger partial charge is 0.303 e. The van der Waals surface area contributed by atoms with Gasteiger partial charge in [0.25, 0.3) is 0 Å². The summed E-state index contributed by atoms with van der Waals surface area (Å²) in [6.45, 7) is 3.39. The number of carboxylic acid groups (broad SMARTS) is 2. The van der Waals surface area contributed by atoms with Crippen LogP contribution in [0.4, 0.5) is 0 Å². The Morgan fingerprint density at radius 1 is 0.522 bits per heavy atom. The molecule has 0 aliphatic heterocycles. The van der Waals surface area contributed by atoms with Crippen molar-refractivity contribution in [2.45, 2.75) is 51.4 Å². The second kappa shape index (κ2) is 17.2. The molecule has 0 amide bonds. The largest absolute Gasteiger partial charge is 0.481 e. The molecular weight excluding hydrogens is 304 g/mol. The van der Waals surface area contributed by atoms with Crippen LogP contribution in [0.25, 0.3) is 0 Å². The second-order valence-corrected chi connectivity index (χ2v) is 5.25. The van der Waals surface area contributed by atoms with Crippen LogP contribution in [0.2, 0.25) is 0 Å². The highest BCUT2D eigenvalue weighted by Gasteiger charge is 1.97. The summed E-state index contributed by atoms with van der Waals surface area (Å²) in [6, 6.07) is 0. The maximum atomic E-state index is 10.3. The van der Waals surface area contributed by atoms with Gasteiger partial charge in [0.1, 0.15) is 0 Å². The van der Waals surface area contributed by atoms with Crippen LogP contribution in [-0.2, 0) is 23.8 Å². The van der Waals surface area contributed by atoms with Crippen LogP contribution < -0.4 is 0 Å². The lowest BCUT2D eigenvalue weighted by molar-refractivity contribution is -0.138. The molecule has 23 heavy (non-hydrogen) atoms. The molecular formula is C16H30O7. The van der Waals surface area contributed by atoms with Crippen molar-refractivity contribution in [1.29, 1.82) is 0 Å². The molecule has 0 spiro atoms. The zero-order chi connectivity index (χ0) is 17.2. The zero-order valence-electron chi connectivity index (χ0n) is 13.8. The van der Waals surface area contributed by atoms with Crippen molar-refractivity contribution in [3.63, 3.8) is 0 Å².